The van der Waals surface area contributed by atoms with E-state index in [0.29, 0.717) is 0 Å². The number of nitrogens with zero attached hydrogens (tertiary/aromatic N) is 1. The lowest BCUT2D eigenvalue weighted by molar-refractivity contribution is 0.443. The molecule has 0 amide bonds. The highest BCUT2D eigenvalue weighted by Crippen LogP contribution is 2.19. The third-order valence-electron chi connectivity index (χ3n) is 2.99. The monoisotopic (exact) mass is 223 g/mol. The fourth-order valence-electron chi connectivity index (χ4n) is 2.03. The largest absolute Gasteiger partial charge is 0.293 e. The SMILES string of the molecule is CC/C=C\C(CC(CCC)CCCC)=N/C. The number of hydrogen-bond donors (Lipinski definition) is 0. The molecule has 0 saturated carbocycles. The molecule has 0 bridgehead atoms. The molecule has 1 heteroatoms. The Morgan fingerprint density at radius 1 is 1.12 bits per heavy atom. The van der Waals surface area contributed by atoms with Crippen molar-refractivity contribution in [3.63, 3.8) is 0 Å². The van der Waals surface area contributed by atoms with E-state index in [9.17, 15) is 0 Å². The van der Waals surface area contributed by atoms with Gasteiger partial charge in [-0.1, -0.05) is 59.0 Å². The van der Waals surface area contributed by atoms with E-state index in [1.54, 1.807) is 0 Å². The van der Waals surface area contributed by atoms with Crippen LogP contribution >= 0.6 is 0 Å². The first-order valence-electron chi connectivity index (χ1n) is 6.90. The fraction of sp³-hybridized carbons (Fsp3) is 0.800. The van der Waals surface area contributed by atoms with Crippen LogP contribution < -0.4 is 0 Å². The molecule has 1 unspecified atom stereocenters. The summed E-state index contributed by atoms with van der Waals surface area (Å²) in [6, 6.07) is 0. The van der Waals surface area contributed by atoms with Gasteiger partial charge in [0.05, 0.1) is 0 Å². The van der Waals surface area contributed by atoms with Gasteiger partial charge >= 0.3 is 0 Å². The van der Waals surface area contributed by atoms with Gasteiger partial charge in [0.2, 0.25) is 0 Å². The van der Waals surface area contributed by atoms with Crippen molar-refractivity contribution in [1.82, 2.24) is 0 Å². The van der Waals surface area contributed by atoms with E-state index in [2.05, 4.69) is 37.9 Å². The van der Waals surface area contributed by atoms with Crippen molar-refractivity contribution in [3.05, 3.63) is 12.2 Å². The van der Waals surface area contributed by atoms with Crippen molar-refractivity contribution in [2.45, 2.75) is 65.7 Å². The molecule has 16 heavy (non-hydrogen) atoms. The second-order valence-electron chi connectivity index (χ2n) is 4.53. The topological polar surface area (TPSA) is 12.4 Å². The highest BCUT2D eigenvalue weighted by Gasteiger charge is 2.09. The molecule has 0 saturated heterocycles. The third kappa shape index (κ3) is 7.67. The first-order valence-corrected chi connectivity index (χ1v) is 6.90. The van der Waals surface area contributed by atoms with Gasteiger partial charge in [-0.05, 0) is 24.8 Å². The van der Waals surface area contributed by atoms with Crippen molar-refractivity contribution >= 4 is 5.71 Å². The lowest BCUT2D eigenvalue weighted by Gasteiger charge is -2.15. The summed E-state index contributed by atoms with van der Waals surface area (Å²) in [7, 11) is 1.91. The third-order valence-corrected chi connectivity index (χ3v) is 2.99. The molecule has 0 fully saturated rings. The average Bonchev–Trinajstić information content (AvgIpc) is 2.31. The normalized spacial score (nSPS) is 14.6. The Hall–Kier alpha value is -0.590. The molecule has 0 aromatic rings. The average molecular weight is 223 g/mol. The summed E-state index contributed by atoms with van der Waals surface area (Å²) in [6.45, 7) is 6.72. The van der Waals surface area contributed by atoms with E-state index >= 15 is 0 Å². The minimum atomic E-state index is 0.838. The van der Waals surface area contributed by atoms with E-state index in [4.69, 9.17) is 0 Å². The first kappa shape index (κ1) is 15.4. The fourth-order valence-corrected chi connectivity index (χ4v) is 2.03. The number of hydrogen-bond acceptors (Lipinski definition) is 1. The molecular formula is C15H29N. The van der Waals surface area contributed by atoms with Gasteiger partial charge in [0.25, 0.3) is 0 Å². The summed E-state index contributed by atoms with van der Waals surface area (Å²) in [5.41, 5.74) is 1.27. The quantitative estimate of drug-likeness (QED) is 0.487. The van der Waals surface area contributed by atoms with Crippen LogP contribution in [0.1, 0.15) is 65.7 Å². The number of rotatable bonds is 9. The van der Waals surface area contributed by atoms with Gasteiger partial charge in [-0.25, -0.2) is 0 Å². The molecule has 1 nitrogen and oxygen atoms in total. The van der Waals surface area contributed by atoms with Crippen molar-refractivity contribution in [1.29, 1.82) is 0 Å². The Kier molecular flexibility index (Phi) is 10.5. The maximum atomic E-state index is 4.39. The van der Waals surface area contributed by atoms with Crippen LogP contribution in [0.5, 0.6) is 0 Å². The molecule has 0 aromatic carbocycles. The molecule has 1 atom stereocenters. The minimum absolute atomic E-state index is 0.838. The van der Waals surface area contributed by atoms with Crippen LogP contribution in [0.2, 0.25) is 0 Å². The molecule has 0 spiro atoms. The van der Waals surface area contributed by atoms with Gasteiger partial charge in [0.15, 0.2) is 0 Å². The summed E-state index contributed by atoms with van der Waals surface area (Å²) < 4.78 is 0. The zero-order valence-electron chi connectivity index (χ0n) is 11.6. The van der Waals surface area contributed by atoms with Crippen molar-refractivity contribution in [2.75, 3.05) is 7.05 Å². The summed E-state index contributed by atoms with van der Waals surface area (Å²) in [5, 5.41) is 0. The van der Waals surface area contributed by atoms with Crippen LogP contribution in [0.4, 0.5) is 0 Å². The van der Waals surface area contributed by atoms with E-state index in [-0.39, 0.29) is 0 Å². The zero-order valence-corrected chi connectivity index (χ0v) is 11.6. The summed E-state index contributed by atoms with van der Waals surface area (Å²) in [4.78, 5) is 4.39. The van der Waals surface area contributed by atoms with Crippen LogP contribution in [0, 0.1) is 5.92 Å². The highest BCUT2D eigenvalue weighted by molar-refractivity contribution is 5.94. The van der Waals surface area contributed by atoms with E-state index < -0.39 is 0 Å². The number of unbranched alkanes of at least 4 members (excludes halogenated alkanes) is 1. The molecular weight excluding hydrogens is 194 g/mol. The van der Waals surface area contributed by atoms with Crippen LogP contribution in [0.15, 0.2) is 17.1 Å². The Balaban J connectivity index is 4.17. The maximum absolute atomic E-state index is 4.39. The van der Waals surface area contributed by atoms with Crippen molar-refractivity contribution in [2.24, 2.45) is 10.9 Å². The van der Waals surface area contributed by atoms with Gasteiger partial charge in [-0.15, -0.1) is 0 Å². The van der Waals surface area contributed by atoms with Gasteiger partial charge in [0, 0.05) is 12.8 Å². The van der Waals surface area contributed by atoms with Crippen LogP contribution in [0.25, 0.3) is 0 Å². The molecule has 0 N–H and O–H groups in total. The molecule has 0 aliphatic carbocycles. The summed E-state index contributed by atoms with van der Waals surface area (Å²) >= 11 is 0. The Labute approximate surface area is 102 Å². The molecule has 0 heterocycles. The number of allylic oxidation sites excluding steroid dienone is 2. The molecule has 0 aliphatic heterocycles. The Morgan fingerprint density at radius 3 is 2.38 bits per heavy atom. The predicted molar refractivity (Wildman–Crippen MR) is 75.3 cm³/mol. The van der Waals surface area contributed by atoms with E-state index in [1.807, 2.05) is 7.05 Å². The van der Waals surface area contributed by atoms with Gasteiger partial charge in [-0.3, -0.25) is 4.99 Å². The summed E-state index contributed by atoms with van der Waals surface area (Å²) in [5.74, 6) is 0.838. The van der Waals surface area contributed by atoms with Crippen molar-refractivity contribution in [3.8, 4) is 0 Å². The van der Waals surface area contributed by atoms with Gasteiger partial charge in [-0.2, -0.15) is 0 Å². The van der Waals surface area contributed by atoms with Crippen molar-refractivity contribution < 1.29 is 0 Å². The van der Waals surface area contributed by atoms with Crippen LogP contribution in [-0.2, 0) is 0 Å². The smallest absolute Gasteiger partial charge is 0.0344 e. The van der Waals surface area contributed by atoms with E-state index in [1.165, 1.54) is 44.2 Å². The predicted octanol–water partition coefficient (Wildman–Crippen LogP) is 5.02. The Morgan fingerprint density at radius 2 is 1.88 bits per heavy atom. The first-order chi connectivity index (χ1) is 7.78. The highest BCUT2D eigenvalue weighted by atomic mass is 14.7. The standard InChI is InChI=1S/C15H29N/c1-5-8-11-14(10-7-3)13-15(16-4)12-9-6-2/h9,12,14H,5-8,10-11,13H2,1-4H3/b12-9-,16-15+. The molecule has 0 aromatic heterocycles. The lowest BCUT2D eigenvalue weighted by atomic mass is 9.91. The zero-order chi connectivity index (χ0) is 12.2. The maximum Gasteiger partial charge on any atom is 0.0344 e. The van der Waals surface area contributed by atoms with Crippen LogP contribution in [0.3, 0.4) is 0 Å². The molecule has 94 valence electrons. The Bertz CT molecular complexity index is 203. The number of aliphatic imine (C=N–C) groups is 1. The van der Waals surface area contributed by atoms with Gasteiger partial charge in [0.1, 0.15) is 0 Å². The van der Waals surface area contributed by atoms with E-state index in [0.717, 1.165) is 12.3 Å². The lowest BCUT2D eigenvalue weighted by Crippen LogP contribution is -2.07. The second-order valence-corrected chi connectivity index (χ2v) is 4.53. The molecule has 0 radical (unpaired) electrons. The molecule has 0 aliphatic rings. The summed E-state index contributed by atoms with van der Waals surface area (Å²) in [6.07, 6.45) is 13.4. The second kappa shape index (κ2) is 10.9. The van der Waals surface area contributed by atoms with Crippen LogP contribution in [-0.4, -0.2) is 12.8 Å². The van der Waals surface area contributed by atoms with Gasteiger partial charge < -0.3 is 0 Å². The minimum Gasteiger partial charge on any atom is -0.293 e. The molecule has 0 rings (SSSR count).